The molecule has 1 aliphatic carbocycles. The predicted molar refractivity (Wildman–Crippen MR) is 100 cm³/mol. The summed E-state index contributed by atoms with van der Waals surface area (Å²) in [6.07, 6.45) is 9.54. The topological polar surface area (TPSA) is 54.5 Å². The number of rotatable bonds is 6. The molecule has 138 valence electrons. The van der Waals surface area contributed by atoms with Crippen LogP contribution in [0.5, 0.6) is 0 Å². The Morgan fingerprint density at radius 1 is 1.40 bits per heavy atom. The van der Waals surface area contributed by atoms with Crippen LogP contribution in [0.2, 0.25) is 5.02 Å². The highest BCUT2D eigenvalue weighted by Gasteiger charge is 2.20. The van der Waals surface area contributed by atoms with Gasteiger partial charge < -0.3 is 15.0 Å². The zero-order chi connectivity index (χ0) is 17.6. The standard InChI is InChI=1S/C19H28ClN3O2/c1-14(6-7-15-4-2-3-5-15)22-18-17(20)12-16(13-21-18)19(24)23-8-10-25-11-9-23/h12-15H,2-11H2,1H3,(H,21,22). The molecule has 2 fully saturated rings. The number of morpholine rings is 1. The summed E-state index contributed by atoms with van der Waals surface area (Å²) in [7, 11) is 0. The van der Waals surface area contributed by atoms with Crippen molar-refractivity contribution < 1.29 is 9.53 Å². The molecule has 1 amide bonds. The molecule has 0 aromatic carbocycles. The van der Waals surface area contributed by atoms with Crippen molar-refractivity contribution in [1.29, 1.82) is 0 Å². The van der Waals surface area contributed by atoms with E-state index in [1.54, 1.807) is 17.2 Å². The SMILES string of the molecule is CC(CCC1CCCC1)Nc1ncc(C(=O)N2CCOCC2)cc1Cl. The van der Waals surface area contributed by atoms with E-state index in [0.29, 0.717) is 48.7 Å². The summed E-state index contributed by atoms with van der Waals surface area (Å²) in [5, 5.41) is 3.90. The first-order chi connectivity index (χ1) is 12.1. The van der Waals surface area contributed by atoms with Gasteiger partial charge in [0.1, 0.15) is 5.82 Å². The van der Waals surface area contributed by atoms with Gasteiger partial charge in [0.15, 0.2) is 0 Å². The minimum Gasteiger partial charge on any atom is -0.378 e. The first-order valence-corrected chi connectivity index (χ1v) is 9.80. The molecular weight excluding hydrogens is 338 g/mol. The fourth-order valence-corrected chi connectivity index (χ4v) is 3.92. The lowest BCUT2D eigenvalue weighted by Crippen LogP contribution is -2.40. The molecule has 1 atom stereocenters. The van der Waals surface area contributed by atoms with Crippen LogP contribution in [-0.2, 0) is 4.74 Å². The number of aromatic nitrogens is 1. The van der Waals surface area contributed by atoms with Crippen molar-refractivity contribution >= 4 is 23.3 Å². The van der Waals surface area contributed by atoms with Crippen LogP contribution < -0.4 is 5.32 Å². The Balaban J connectivity index is 1.54. The molecule has 2 aliphatic rings. The molecule has 1 aromatic heterocycles. The smallest absolute Gasteiger partial charge is 0.255 e. The highest BCUT2D eigenvalue weighted by atomic mass is 35.5. The van der Waals surface area contributed by atoms with Gasteiger partial charge in [0.25, 0.3) is 5.91 Å². The van der Waals surface area contributed by atoms with Crippen molar-refractivity contribution in [2.24, 2.45) is 5.92 Å². The van der Waals surface area contributed by atoms with E-state index in [0.717, 1.165) is 12.3 Å². The Morgan fingerprint density at radius 2 is 2.12 bits per heavy atom. The summed E-state index contributed by atoms with van der Waals surface area (Å²) >= 11 is 6.36. The van der Waals surface area contributed by atoms with Crippen LogP contribution >= 0.6 is 11.6 Å². The van der Waals surface area contributed by atoms with Crippen molar-refractivity contribution in [3.05, 3.63) is 22.8 Å². The van der Waals surface area contributed by atoms with E-state index in [1.165, 1.54) is 32.1 Å². The van der Waals surface area contributed by atoms with Gasteiger partial charge in [-0.05, 0) is 31.7 Å². The zero-order valence-corrected chi connectivity index (χ0v) is 15.7. The number of ether oxygens (including phenoxy) is 1. The highest BCUT2D eigenvalue weighted by Crippen LogP contribution is 2.29. The maximum Gasteiger partial charge on any atom is 0.255 e. The summed E-state index contributed by atoms with van der Waals surface area (Å²) in [5.74, 6) is 1.53. The molecule has 0 spiro atoms. The average Bonchev–Trinajstić information content (AvgIpc) is 3.15. The third-order valence-electron chi connectivity index (χ3n) is 5.25. The van der Waals surface area contributed by atoms with Gasteiger partial charge in [-0.25, -0.2) is 4.98 Å². The lowest BCUT2D eigenvalue weighted by atomic mass is 9.99. The van der Waals surface area contributed by atoms with E-state index in [4.69, 9.17) is 16.3 Å². The van der Waals surface area contributed by atoms with Crippen LogP contribution in [0, 0.1) is 5.92 Å². The summed E-state index contributed by atoms with van der Waals surface area (Å²) in [6, 6.07) is 2.05. The van der Waals surface area contributed by atoms with Gasteiger partial charge in [-0.1, -0.05) is 37.3 Å². The van der Waals surface area contributed by atoms with Crippen LogP contribution in [-0.4, -0.2) is 48.1 Å². The van der Waals surface area contributed by atoms with E-state index in [1.807, 2.05) is 0 Å². The van der Waals surface area contributed by atoms with E-state index < -0.39 is 0 Å². The first kappa shape index (κ1) is 18.5. The number of nitrogens with zero attached hydrogens (tertiary/aromatic N) is 2. The van der Waals surface area contributed by atoms with Gasteiger partial charge in [-0.3, -0.25) is 4.79 Å². The minimum absolute atomic E-state index is 0.0291. The van der Waals surface area contributed by atoms with Crippen molar-refractivity contribution in [3.8, 4) is 0 Å². The van der Waals surface area contributed by atoms with E-state index in [2.05, 4.69) is 17.2 Å². The fourth-order valence-electron chi connectivity index (χ4n) is 3.70. The third kappa shape index (κ3) is 5.08. The number of amides is 1. The number of pyridine rings is 1. The Hall–Kier alpha value is -1.33. The van der Waals surface area contributed by atoms with Crippen LogP contribution in [0.3, 0.4) is 0 Å². The maximum atomic E-state index is 12.5. The summed E-state index contributed by atoms with van der Waals surface area (Å²) in [6.45, 7) is 4.58. The predicted octanol–water partition coefficient (Wildman–Crippen LogP) is 3.98. The number of hydrogen-bond acceptors (Lipinski definition) is 4. The maximum absolute atomic E-state index is 12.5. The fraction of sp³-hybridized carbons (Fsp3) is 0.684. The molecule has 6 heteroatoms. The molecule has 1 saturated heterocycles. The molecule has 0 bridgehead atoms. The molecule has 1 saturated carbocycles. The monoisotopic (exact) mass is 365 g/mol. The number of hydrogen-bond donors (Lipinski definition) is 1. The first-order valence-electron chi connectivity index (χ1n) is 9.42. The number of halogens is 1. The minimum atomic E-state index is -0.0291. The number of nitrogens with one attached hydrogen (secondary N) is 1. The molecule has 1 aromatic rings. The average molecular weight is 366 g/mol. The van der Waals surface area contributed by atoms with Gasteiger partial charge in [-0.15, -0.1) is 0 Å². The molecular formula is C19H28ClN3O2. The second-order valence-electron chi connectivity index (χ2n) is 7.23. The normalized spacial score (nSPS) is 19.8. The van der Waals surface area contributed by atoms with Crippen molar-refractivity contribution in [3.63, 3.8) is 0 Å². The number of anilines is 1. The van der Waals surface area contributed by atoms with Crippen LogP contribution in [0.15, 0.2) is 12.3 Å². The largest absolute Gasteiger partial charge is 0.378 e. The molecule has 1 aliphatic heterocycles. The molecule has 5 nitrogen and oxygen atoms in total. The molecule has 2 heterocycles. The molecule has 3 rings (SSSR count). The Bertz CT molecular complexity index is 584. The zero-order valence-electron chi connectivity index (χ0n) is 15.0. The van der Waals surface area contributed by atoms with Crippen molar-refractivity contribution in [2.45, 2.75) is 51.5 Å². The summed E-state index contributed by atoms with van der Waals surface area (Å²) < 4.78 is 5.29. The van der Waals surface area contributed by atoms with E-state index >= 15 is 0 Å². The quantitative estimate of drug-likeness (QED) is 0.828. The Labute approximate surface area is 155 Å². The van der Waals surface area contributed by atoms with Gasteiger partial charge >= 0.3 is 0 Å². The molecule has 25 heavy (non-hydrogen) atoms. The van der Waals surface area contributed by atoms with Gasteiger partial charge in [0.05, 0.1) is 23.8 Å². The van der Waals surface area contributed by atoms with Crippen LogP contribution in [0.4, 0.5) is 5.82 Å². The molecule has 1 unspecified atom stereocenters. The second-order valence-corrected chi connectivity index (χ2v) is 7.64. The number of carbonyl (C=O) groups excluding carboxylic acids is 1. The Kier molecular flexibility index (Phi) is 6.54. The van der Waals surface area contributed by atoms with Crippen LogP contribution in [0.1, 0.15) is 55.8 Å². The molecule has 1 N–H and O–H groups in total. The summed E-state index contributed by atoms with van der Waals surface area (Å²) in [5.41, 5.74) is 0.538. The Morgan fingerprint density at radius 3 is 2.80 bits per heavy atom. The highest BCUT2D eigenvalue weighted by molar-refractivity contribution is 6.33. The lowest BCUT2D eigenvalue weighted by Gasteiger charge is -2.27. The third-order valence-corrected chi connectivity index (χ3v) is 5.54. The lowest BCUT2D eigenvalue weighted by molar-refractivity contribution is 0.0302. The van der Waals surface area contributed by atoms with Gasteiger partial charge in [0, 0.05) is 25.3 Å². The van der Waals surface area contributed by atoms with E-state index in [-0.39, 0.29) is 5.91 Å². The molecule has 0 radical (unpaired) electrons. The van der Waals surface area contributed by atoms with Crippen LogP contribution in [0.25, 0.3) is 0 Å². The van der Waals surface area contributed by atoms with E-state index in [9.17, 15) is 4.79 Å². The summed E-state index contributed by atoms with van der Waals surface area (Å²) in [4.78, 5) is 18.7. The van der Waals surface area contributed by atoms with Crippen molar-refractivity contribution in [2.75, 3.05) is 31.6 Å². The van der Waals surface area contributed by atoms with Gasteiger partial charge in [-0.2, -0.15) is 0 Å². The van der Waals surface area contributed by atoms with Gasteiger partial charge in [0.2, 0.25) is 0 Å². The number of carbonyl (C=O) groups is 1. The second kappa shape index (κ2) is 8.86. The van der Waals surface area contributed by atoms with Crippen molar-refractivity contribution in [1.82, 2.24) is 9.88 Å².